The molecule has 0 spiro atoms. The molecule has 0 saturated carbocycles. The molecule has 6 heteroatoms. The zero-order valence-electron chi connectivity index (χ0n) is 46.9. The van der Waals surface area contributed by atoms with E-state index in [0.29, 0.717) is 19.3 Å². The zero-order valence-corrected chi connectivity index (χ0v) is 46.9. The van der Waals surface area contributed by atoms with Crippen molar-refractivity contribution < 1.29 is 28.6 Å². The van der Waals surface area contributed by atoms with Crippen molar-refractivity contribution in [3.05, 3.63) is 12.2 Å². The monoisotopic (exact) mass is 973 g/mol. The van der Waals surface area contributed by atoms with E-state index in [1.54, 1.807) is 0 Å². The van der Waals surface area contributed by atoms with E-state index in [0.717, 1.165) is 64.2 Å². The summed E-state index contributed by atoms with van der Waals surface area (Å²) in [5.74, 6) is -0.872. The van der Waals surface area contributed by atoms with Crippen molar-refractivity contribution in [3.8, 4) is 0 Å². The van der Waals surface area contributed by atoms with Crippen LogP contribution >= 0.6 is 0 Å². The van der Waals surface area contributed by atoms with Crippen molar-refractivity contribution in [2.75, 3.05) is 13.2 Å². The largest absolute Gasteiger partial charge is 0.462 e. The highest BCUT2D eigenvalue weighted by molar-refractivity contribution is 5.71. The van der Waals surface area contributed by atoms with Crippen molar-refractivity contribution in [1.82, 2.24) is 0 Å². The fourth-order valence-corrected chi connectivity index (χ4v) is 9.55. The summed E-state index contributed by atoms with van der Waals surface area (Å²) in [7, 11) is 0. The molecule has 0 amide bonds. The molecule has 0 bridgehead atoms. The molecule has 0 aromatic rings. The molecule has 1 atom stereocenters. The maximum absolute atomic E-state index is 12.7. The van der Waals surface area contributed by atoms with E-state index in [-0.39, 0.29) is 31.1 Å². The van der Waals surface area contributed by atoms with E-state index < -0.39 is 6.10 Å². The lowest BCUT2D eigenvalue weighted by molar-refractivity contribution is -0.167. The van der Waals surface area contributed by atoms with Gasteiger partial charge in [0.2, 0.25) is 0 Å². The van der Waals surface area contributed by atoms with Crippen LogP contribution in [0.15, 0.2) is 12.2 Å². The minimum atomic E-state index is -0.766. The molecule has 1 unspecified atom stereocenters. The highest BCUT2D eigenvalue weighted by Crippen LogP contribution is 2.18. The maximum Gasteiger partial charge on any atom is 0.306 e. The molecule has 0 fully saturated rings. The van der Waals surface area contributed by atoms with Crippen molar-refractivity contribution in [2.45, 2.75) is 361 Å². The number of ether oxygens (including phenoxy) is 3. The molecule has 0 heterocycles. The van der Waals surface area contributed by atoms with E-state index in [9.17, 15) is 14.4 Å². The summed E-state index contributed by atoms with van der Waals surface area (Å²) in [4.78, 5) is 37.8. The van der Waals surface area contributed by atoms with Gasteiger partial charge in [0.15, 0.2) is 6.10 Å². The van der Waals surface area contributed by atoms with E-state index in [1.165, 1.54) is 250 Å². The molecule has 0 aromatic carbocycles. The van der Waals surface area contributed by atoms with Gasteiger partial charge in [-0.15, -0.1) is 0 Å². The third-order valence-corrected chi connectivity index (χ3v) is 14.3. The Morgan fingerprint density at radius 1 is 0.275 bits per heavy atom. The van der Waals surface area contributed by atoms with Gasteiger partial charge in [-0.05, 0) is 38.5 Å². The Hall–Kier alpha value is -1.85. The Labute approximate surface area is 431 Å². The number of unbranched alkanes of at least 4 members (excludes halogenated alkanes) is 45. The highest BCUT2D eigenvalue weighted by Gasteiger charge is 2.19. The summed E-state index contributed by atoms with van der Waals surface area (Å²) in [5, 5.41) is 0. The molecule has 6 nitrogen and oxygen atoms in total. The Morgan fingerprint density at radius 2 is 0.493 bits per heavy atom. The Kier molecular flexibility index (Phi) is 57.1. The van der Waals surface area contributed by atoms with Crippen LogP contribution in [0.5, 0.6) is 0 Å². The average Bonchev–Trinajstić information content (AvgIpc) is 3.35. The summed E-state index contributed by atoms with van der Waals surface area (Å²) < 4.78 is 16.7. The first-order chi connectivity index (χ1) is 34.0. The molecule has 0 aliphatic carbocycles. The quantitative estimate of drug-likeness (QED) is 0.0261. The molecular weight excluding hydrogens is 853 g/mol. The first kappa shape index (κ1) is 67.1. The van der Waals surface area contributed by atoms with Crippen LogP contribution in [-0.4, -0.2) is 37.2 Å². The molecule has 69 heavy (non-hydrogen) atoms. The number of allylic oxidation sites excluding steroid dienone is 2. The van der Waals surface area contributed by atoms with E-state index in [4.69, 9.17) is 14.2 Å². The first-order valence-corrected chi connectivity index (χ1v) is 31.2. The van der Waals surface area contributed by atoms with E-state index >= 15 is 0 Å². The van der Waals surface area contributed by atoms with Gasteiger partial charge in [0.1, 0.15) is 13.2 Å². The molecule has 0 aromatic heterocycles. The molecule has 0 rings (SSSR count). The van der Waals surface area contributed by atoms with Gasteiger partial charge in [-0.25, -0.2) is 0 Å². The average molecular weight is 974 g/mol. The van der Waals surface area contributed by atoms with Crippen LogP contribution in [0, 0.1) is 0 Å². The zero-order chi connectivity index (χ0) is 50.0. The normalized spacial score (nSPS) is 12.0. The lowest BCUT2D eigenvalue weighted by Gasteiger charge is -2.18. The highest BCUT2D eigenvalue weighted by atomic mass is 16.6. The van der Waals surface area contributed by atoms with Gasteiger partial charge in [-0.2, -0.15) is 0 Å². The van der Waals surface area contributed by atoms with Crippen LogP contribution in [0.25, 0.3) is 0 Å². The third-order valence-electron chi connectivity index (χ3n) is 14.3. The summed E-state index contributed by atoms with van der Waals surface area (Å²) in [5.41, 5.74) is 0. The van der Waals surface area contributed by atoms with Crippen molar-refractivity contribution >= 4 is 17.9 Å². The fourth-order valence-electron chi connectivity index (χ4n) is 9.55. The van der Waals surface area contributed by atoms with Gasteiger partial charge in [0.25, 0.3) is 0 Å². The number of hydrogen-bond donors (Lipinski definition) is 0. The van der Waals surface area contributed by atoms with Crippen LogP contribution in [0.1, 0.15) is 355 Å². The van der Waals surface area contributed by atoms with Gasteiger partial charge < -0.3 is 14.2 Å². The molecule has 0 aliphatic rings. The van der Waals surface area contributed by atoms with Crippen molar-refractivity contribution in [2.24, 2.45) is 0 Å². The molecule has 0 N–H and O–H groups in total. The van der Waals surface area contributed by atoms with E-state index in [1.807, 2.05) is 0 Å². The van der Waals surface area contributed by atoms with Crippen molar-refractivity contribution in [3.63, 3.8) is 0 Å². The Balaban J connectivity index is 3.80. The predicted octanol–water partition coefficient (Wildman–Crippen LogP) is 20.9. The van der Waals surface area contributed by atoms with Crippen LogP contribution in [-0.2, 0) is 28.6 Å². The number of hydrogen-bond acceptors (Lipinski definition) is 6. The fraction of sp³-hybridized carbons (Fsp3) is 0.921. The molecule has 0 radical (unpaired) electrons. The van der Waals surface area contributed by atoms with Gasteiger partial charge in [-0.1, -0.05) is 309 Å². The van der Waals surface area contributed by atoms with Gasteiger partial charge in [-0.3, -0.25) is 14.4 Å². The van der Waals surface area contributed by atoms with Gasteiger partial charge in [0.05, 0.1) is 0 Å². The lowest BCUT2D eigenvalue weighted by Crippen LogP contribution is -2.30. The summed E-state index contributed by atoms with van der Waals surface area (Å²) in [6.07, 6.45) is 68.7. The third kappa shape index (κ3) is 56.9. The summed E-state index contributed by atoms with van der Waals surface area (Å²) >= 11 is 0. The Morgan fingerprint density at radius 3 is 0.768 bits per heavy atom. The number of rotatable bonds is 58. The molecule has 408 valence electrons. The SMILES string of the molecule is CCCC/C=C\CCCCCCCC(=O)OC(COC(=O)CCCCCCCC)COC(=O)CCCCCCCCCCCCCCCCCCCCCCCCCCCCCCCCCCCC. The molecular formula is C63H120O6. The second-order valence-electron chi connectivity index (χ2n) is 21.3. The Bertz CT molecular complexity index is 1070. The number of carbonyl (C=O) groups is 3. The summed E-state index contributed by atoms with van der Waals surface area (Å²) in [6, 6.07) is 0. The predicted molar refractivity (Wildman–Crippen MR) is 298 cm³/mol. The summed E-state index contributed by atoms with van der Waals surface area (Å²) in [6.45, 7) is 6.58. The number of carbonyl (C=O) groups excluding carboxylic acids is 3. The first-order valence-electron chi connectivity index (χ1n) is 31.2. The van der Waals surface area contributed by atoms with E-state index in [2.05, 4.69) is 32.9 Å². The lowest BCUT2D eigenvalue weighted by atomic mass is 10.0. The standard InChI is InChI=1S/C63H120O6/c1-4-7-10-13-16-18-20-21-22-23-24-25-26-27-28-29-30-31-32-33-34-35-36-37-38-39-40-41-42-44-45-47-50-53-56-62(65)68-59-60(58-67-61(64)55-52-49-15-12-9-6-3)69-63(66)57-54-51-48-46-43-19-17-14-11-8-5-2/h14,17,60H,4-13,15-16,18-59H2,1-3H3/b17-14-. The smallest absolute Gasteiger partial charge is 0.306 e. The van der Waals surface area contributed by atoms with Crippen molar-refractivity contribution in [1.29, 1.82) is 0 Å². The minimum Gasteiger partial charge on any atom is -0.462 e. The second-order valence-corrected chi connectivity index (χ2v) is 21.3. The van der Waals surface area contributed by atoms with Gasteiger partial charge in [0, 0.05) is 19.3 Å². The number of esters is 3. The minimum absolute atomic E-state index is 0.0691. The molecule has 0 saturated heterocycles. The van der Waals surface area contributed by atoms with Crippen LogP contribution in [0.2, 0.25) is 0 Å². The topological polar surface area (TPSA) is 78.9 Å². The second kappa shape index (κ2) is 58.7. The van der Waals surface area contributed by atoms with Gasteiger partial charge >= 0.3 is 17.9 Å². The molecule has 0 aliphatic heterocycles. The van der Waals surface area contributed by atoms with Crippen LogP contribution in [0.4, 0.5) is 0 Å². The maximum atomic E-state index is 12.7. The van der Waals surface area contributed by atoms with Crippen LogP contribution in [0.3, 0.4) is 0 Å². The van der Waals surface area contributed by atoms with Crippen LogP contribution < -0.4 is 0 Å².